The Bertz CT molecular complexity index is 1540. The summed E-state index contributed by atoms with van der Waals surface area (Å²) in [6.07, 6.45) is 2.61. The Morgan fingerprint density at radius 3 is 2.42 bits per heavy atom. The average Bonchev–Trinajstić information content (AvgIpc) is 3.41. The molecule has 0 bridgehead atoms. The minimum atomic E-state index is 0.641. The molecule has 11 nitrogen and oxygen atoms in total. The number of H-pyrrole nitrogens is 1. The SMILES string of the molecule is CNc1ccc(NC(=S)N2CCN(c3ncnc4[nH]c5cc(OCCCN6CCN(C)CC6)c(OC)cc5c34)CC2)cc1. The third kappa shape index (κ3) is 6.56. The average molecular weight is 604 g/mol. The first-order valence-electron chi connectivity index (χ1n) is 15.0. The van der Waals surface area contributed by atoms with Gasteiger partial charge in [0.1, 0.15) is 17.8 Å². The van der Waals surface area contributed by atoms with E-state index in [1.54, 1.807) is 13.4 Å². The van der Waals surface area contributed by atoms with Crippen molar-refractivity contribution in [1.82, 2.24) is 29.7 Å². The molecule has 2 fully saturated rings. The number of benzene rings is 2. The van der Waals surface area contributed by atoms with E-state index in [1.165, 1.54) is 0 Å². The molecule has 12 heteroatoms. The monoisotopic (exact) mass is 603 g/mol. The van der Waals surface area contributed by atoms with Gasteiger partial charge in [0.05, 0.1) is 24.6 Å². The summed E-state index contributed by atoms with van der Waals surface area (Å²) in [5, 5.41) is 9.27. The van der Waals surface area contributed by atoms with Crippen LogP contribution in [0.2, 0.25) is 0 Å². The molecule has 3 N–H and O–H groups in total. The van der Waals surface area contributed by atoms with Crippen LogP contribution in [0, 0.1) is 0 Å². The summed E-state index contributed by atoms with van der Waals surface area (Å²) >= 11 is 5.73. The van der Waals surface area contributed by atoms with Crippen LogP contribution in [-0.4, -0.2) is 121 Å². The van der Waals surface area contributed by atoms with E-state index in [9.17, 15) is 0 Å². The fourth-order valence-electron chi connectivity index (χ4n) is 5.81. The molecule has 6 rings (SSSR count). The zero-order valence-corrected chi connectivity index (χ0v) is 26.0. The van der Waals surface area contributed by atoms with E-state index in [0.29, 0.717) is 12.4 Å². The van der Waals surface area contributed by atoms with E-state index in [4.69, 9.17) is 26.7 Å². The van der Waals surface area contributed by atoms with Crippen LogP contribution < -0.4 is 25.0 Å². The summed E-state index contributed by atoms with van der Waals surface area (Å²) in [5.74, 6) is 2.37. The van der Waals surface area contributed by atoms with E-state index < -0.39 is 0 Å². The van der Waals surface area contributed by atoms with Crippen LogP contribution in [0.4, 0.5) is 17.2 Å². The highest BCUT2D eigenvalue weighted by molar-refractivity contribution is 7.80. The quantitative estimate of drug-likeness (QED) is 0.193. The first-order valence-corrected chi connectivity index (χ1v) is 15.4. The molecule has 228 valence electrons. The number of hydrogen-bond donors (Lipinski definition) is 3. The molecule has 0 aliphatic carbocycles. The predicted molar refractivity (Wildman–Crippen MR) is 178 cm³/mol. The first-order chi connectivity index (χ1) is 21.0. The maximum Gasteiger partial charge on any atom is 0.173 e. The number of methoxy groups -OCH3 is 1. The van der Waals surface area contributed by atoms with E-state index in [1.807, 2.05) is 43.4 Å². The van der Waals surface area contributed by atoms with Crippen molar-refractivity contribution in [2.75, 3.05) is 102 Å². The van der Waals surface area contributed by atoms with Gasteiger partial charge in [-0.05, 0) is 56.0 Å². The minimum absolute atomic E-state index is 0.641. The van der Waals surface area contributed by atoms with Crippen LogP contribution in [0.3, 0.4) is 0 Å². The van der Waals surface area contributed by atoms with Gasteiger partial charge >= 0.3 is 0 Å². The topological polar surface area (TPSA) is 97.0 Å². The van der Waals surface area contributed by atoms with Gasteiger partial charge in [0, 0.05) is 88.8 Å². The standard InChI is InChI=1S/C31H41N9O2S/c1-32-22-5-7-23(8-6-22)35-31(43)40-16-14-39(15-17-40)30-28-24-19-26(41-3)27(20-25(24)36-29(28)33-21-34-30)42-18-4-9-38-12-10-37(2)11-13-38/h5-8,19-21,32H,4,9-18H2,1-3H3,(H,35,43)(H,33,34,36). The molecule has 43 heavy (non-hydrogen) atoms. The third-order valence-electron chi connectivity index (χ3n) is 8.42. The summed E-state index contributed by atoms with van der Waals surface area (Å²) in [6, 6.07) is 12.2. The highest BCUT2D eigenvalue weighted by Gasteiger charge is 2.24. The van der Waals surface area contributed by atoms with E-state index in [-0.39, 0.29) is 0 Å². The van der Waals surface area contributed by atoms with Crippen LogP contribution in [0.1, 0.15) is 6.42 Å². The van der Waals surface area contributed by atoms with E-state index >= 15 is 0 Å². The number of thiocarbonyl (C=S) groups is 1. The van der Waals surface area contributed by atoms with Crippen molar-refractivity contribution in [3.8, 4) is 11.5 Å². The van der Waals surface area contributed by atoms with Gasteiger partial charge in [-0.15, -0.1) is 0 Å². The number of rotatable bonds is 9. The lowest BCUT2D eigenvalue weighted by atomic mass is 10.1. The Hall–Kier alpha value is -3.87. The lowest BCUT2D eigenvalue weighted by Gasteiger charge is -2.37. The van der Waals surface area contributed by atoms with E-state index in [2.05, 4.69) is 47.2 Å². The van der Waals surface area contributed by atoms with Crippen molar-refractivity contribution < 1.29 is 9.47 Å². The number of nitrogens with zero attached hydrogens (tertiary/aromatic N) is 6. The number of aromatic nitrogens is 3. The van der Waals surface area contributed by atoms with Gasteiger partial charge in [0.25, 0.3) is 0 Å². The minimum Gasteiger partial charge on any atom is -0.493 e. The molecule has 2 aromatic heterocycles. The van der Waals surface area contributed by atoms with Crippen LogP contribution in [0.15, 0.2) is 42.7 Å². The highest BCUT2D eigenvalue weighted by Crippen LogP contribution is 2.38. The molecule has 2 aliphatic heterocycles. The second-order valence-corrected chi connectivity index (χ2v) is 11.6. The van der Waals surface area contributed by atoms with Crippen molar-refractivity contribution in [2.24, 2.45) is 0 Å². The maximum absolute atomic E-state index is 6.22. The number of hydrogen-bond acceptors (Lipinski definition) is 9. The Morgan fingerprint density at radius 1 is 0.953 bits per heavy atom. The molecule has 0 unspecified atom stereocenters. The van der Waals surface area contributed by atoms with Gasteiger partial charge in [0.15, 0.2) is 16.6 Å². The molecule has 4 aromatic rings. The van der Waals surface area contributed by atoms with Crippen molar-refractivity contribution in [3.63, 3.8) is 0 Å². The molecule has 2 aliphatic rings. The van der Waals surface area contributed by atoms with Gasteiger partial charge in [-0.1, -0.05) is 0 Å². The fourth-order valence-corrected chi connectivity index (χ4v) is 6.12. The molecule has 0 radical (unpaired) electrons. The normalized spacial score (nSPS) is 16.5. The Balaban J connectivity index is 1.12. The van der Waals surface area contributed by atoms with Crippen molar-refractivity contribution in [3.05, 3.63) is 42.7 Å². The van der Waals surface area contributed by atoms with Gasteiger partial charge in [0.2, 0.25) is 0 Å². The number of piperazine rings is 2. The molecule has 0 amide bonds. The molecular weight excluding hydrogens is 562 g/mol. The van der Waals surface area contributed by atoms with Gasteiger partial charge in [-0.25, -0.2) is 9.97 Å². The molecule has 0 saturated carbocycles. The van der Waals surface area contributed by atoms with E-state index in [0.717, 1.165) is 115 Å². The van der Waals surface area contributed by atoms with Gasteiger partial charge in [-0.3, -0.25) is 0 Å². The lowest BCUT2D eigenvalue weighted by molar-refractivity contribution is 0.145. The summed E-state index contributed by atoms with van der Waals surface area (Å²) in [5.41, 5.74) is 3.81. The lowest BCUT2D eigenvalue weighted by Crippen LogP contribution is -2.50. The molecule has 0 atom stereocenters. The number of anilines is 3. The van der Waals surface area contributed by atoms with Crippen LogP contribution >= 0.6 is 12.2 Å². The molecular formula is C31H41N9O2S. The molecule has 0 spiro atoms. The Kier molecular flexibility index (Phi) is 8.96. The number of likely N-dealkylation sites (N-methyl/N-ethyl adjacent to an activating group) is 1. The highest BCUT2D eigenvalue weighted by atomic mass is 32.1. The first kappa shape index (κ1) is 29.2. The van der Waals surface area contributed by atoms with Crippen molar-refractivity contribution in [1.29, 1.82) is 0 Å². The second kappa shape index (κ2) is 13.2. The largest absolute Gasteiger partial charge is 0.493 e. The number of ether oxygens (including phenoxy) is 2. The number of nitrogens with one attached hydrogen (secondary N) is 3. The molecule has 2 saturated heterocycles. The summed E-state index contributed by atoms with van der Waals surface area (Å²) < 4.78 is 12.0. The fraction of sp³-hybridized carbons (Fsp3) is 0.452. The maximum atomic E-state index is 6.22. The summed E-state index contributed by atoms with van der Waals surface area (Å²) in [7, 11) is 5.78. The summed E-state index contributed by atoms with van der Waals surface area (Å²) in [4.78, 5) is 22.2. The number of fused-ring (bicyclic) bond motifs is 3. The Morgan fingerprint density at radius 2 is 1.70 bits per heavy atom. The Labute approximate surface area is 258 Å². The van der Waals surface area contributed by atoms with Crippen molar-refractivity contribution in [2.45, 2.75) is 6.42 Å². The van der Waals surface area contributed by atoms with Crippen molar-refractivity contribution >= 4 is 56.5 Å². The van der Waals surface area contributed by atoms with Crippen LogP contribution in [0.25, 0.3) is 21.9 Å². The van der Waals surface area contributed by atoms with Crippen LogP contribution in [0.5, 0.6) is 11.5 Å². The zero-order valence-electron chi connectivity index (χ0n) is 25.2. The predicted octanol–water partition coefficient (Wildman–Crippen LogP) is 3.70. The van der Waals surface area contributed by atoms with Gasteiger partial charge < -0.3 is 44.7 Å². The zero-order chi connectivity index (χ0) is 29.8. The molecule has 4 heterocycles. The van der Waals surface area contributed by atoms with Gasteiger partial charge in [-0.2, -0.15) is 0 Å². The van der Waals surface area contributed by atoms with Crippen LogP contribution in [-0.2, 0) is 0 Å². The second-order valence-electron chi connectivity index (χ2n) is 11.2. The third-order valence-corrected chi connectivity index (χ3v) is 8.78. The molecule has 2 aromatic carbocycles. The summed E-state index contributed by atoms with van der Waals surface area (Å²) in [6.45, 7) is 9.36. The number of aromatic amines is 1. The smallest absolute Gasteiger partial charge is 0.173 e.